The maximum atomic E-state index is 13.2. The highest BCUT2D eigenvalue weighted by Crippen LogP contribution is 2.34. The second-order valence-corrected chi connectivity index (χ2v) is 10.8. The Morgan fingerprint density at radius 1 is 0.973 bits per heavy atom. The van der Waals surface area contributed by atoms with E-state index < -0.39 is 5.79 Å². The molecule has 0 aliphatic carbocycles. The molecule has 3 aromatic rings. The molecule has 0 N–H and O–H groups in total. The summed E-state index contributed by atoms with van der Waals surface area (Å²) in [7, 11) is 0. The molecule has 9 heteroatoms. The molecule has 8 nitrogen and oxygen atoms in total. The van der Waals surface area contributed by atoms with Gasteiger partial charge in [0.25, 0.3) is 5.91 Å². The van der Waals surface area contributed by atoms with Gasteiger partial charge in [0.1, 0.15) is 10.7 Å². The van der Waals surface area contributed by atoms with Gasteiger partial charge in [-0.2, -0.15) is 0 Å². The third-order valence-corrected chi connectivity index (χ3v) is 7.96. The van der Waals surface area contributed by atoms with E-state index in [2.05, 4.69) is 42.2 Å². The first-order valence-electron chi connectivity index (χ1n) is 12.7. The Bertz CT molecular complexity index is 1240. The minimum atomic E-state index is -0.491. The first-order chi connectivity index (χ1) is 18.1. The topological polar surface area (TPSA) is 73.4 Å². The fraction of sp³-hybridized carbons (Fsp3) is 0.429. The van der Waals surface area contributed by atoms with E-state index in [-0.39, 0.29) is 12.7 Å². The van der Waals surface area contributed by atoms with Crippen LogP contribution in [0, 0.1) is 6.92 Å². The Balaban J connectivity index is 1.14. The van der Waals surface area contributed by atoms with Crippen molar-refractivity contribution in [3.05, 3.63) is 75.2 Å². The molecule has 194 valence electrons. The number of amides is 1. The monoisotopic (exact) mass is 521 g/mol. The van der Waals surface area contributed by atoms with Crippen molar-refractivity contribution in [3.63, 3.8) is 0 Å². The lowest BCUT2D eigenvalue weighted by Gasteiger charge is -2.37. The van der Waals surface area contributed by atoms with E-state index in [0.29, 0.717) is 51.4 Å². The van der Waals surface area contributed by atoms with Crippen molar-refractivity contribution in [1.29, 1.82) is 0 Å². The summed E-state index contributed by atoms with van der Waals surface area (Å²) in [6.07, 6.45) is 1.41. The number of likely N-dealkylation sites (tertiary alicyclic amines) is 1. The van der Waals surface area contributed by atoms with E-state index in [1.54, 1.807) is 0 Å². The van der Waals surface area contributed by atoms with E-state index in [1.165, 1.54) is 22.5 Å². The number of hydrogen-bond acceptors (Lipinski definition) is 8. The third kappa shape index (κ3) is 5.50. The van der Waals surface area contributed by atoms with Gasteiger partial charge >= 0.3 is 0 Å². The first kappa shape index (κ1) is 24.4. The molecule has 1 spiro atoms. The van der Waals surface area contributed by atoms with E-state index in [0.717, 1.165) is 35.2 Å². The van der Waals surface area contributed by atoms with Crippen molar-refractivity contribution < 1.29 is 23.7 Å². The standard InChI is InChI=1S/C28H31N3O5S/c1-20-2-4-21(5-3-20)15-30(16-22-6-7-24-25(14-22)34-19-33-24)17-26-29-23(18-37-26)27(32)31-10-8-28(9-11-31)35-12-13-36-28/h2-7,14,18H,8-13,15-17,19H2,1H3. The van der Waals surface area contributed by atoms with Gasteiger partial charge in [-0.05, 0) is 30.2 Å². The highest BCUT2D eigenvalue weighted by Gasteiger charge is 2.41. The van der Waals surface area contributed by atoms with Crippen molar-refractivity contribution in [2.75, 3.05) is 33.1 Å². The average Bonchev–Trinajstić information content (AvgIpc) is 3.67. The van der Waals surface area contributed by atoms with Gasteiger partial charge in [-0.25, -0.2) is 4.98 Å². The molecule has 2 saturated heterocycles. The maximum Gasteiger partial charge on any atom is 0.273 e. The van der Waals surface area contributed by atoms with Crippen LogP contribution in [0.25, 0.3) is 0 Å². The van der Waals surface area contributed by atoms with Crippen molar-refractivity contribution in [1.82, 2.24) is 14.8 Å². The summed E-state index contributed by atoms with van der Waals surface area (Å²) in [6, 6.07) is 14.7. The van der Waals surface area contributed by atoms with Crippen LogP contribution in [-0.2, 0) is 29.1 Å². The molecule has 1 aromatic heterocycles. The summed E-state index contributed by atoms with van der Waals surface area (Å²) in [4.78, 5) is 22.1. The Morgan fingerprint density at radius 3 is 2.46 bits per heavy atom. The van der Waals surface area contributed by atoms with Gasteiger partial charge in [0, 0.05) is 44.4 Å². The van der Waals surface area contributed by atoms with E-state index in [4.69, 9.17) is 23.9 Å². The molecule has 0 bridgehead atoms. The summed E-state index contributed by atoms with van der Waals surface area (Å²) in [5, 5.41) is 2.81. The number of aryl methyl sites for hydroxylation is 1. The number of fused-ring (bicyclic) bond motifs is 1. The Morgan fingerprint density at radius 2 is 1.68 bits per heavy atom. The smallest absolute Gasteiger partial charge is 0.273 e. The number of benzene rings is 2. The van der Waals surface area contributed by atoms with Gasteiger partial charge in [-0.3, -0.25) is 9.69 Å². The molecule has 0 radical (unpaired) electrons. The number of carbonyl (C=O) groups excluding carboxylic acids is 1. The number of ether oxygens (including phenoxy) is 4. The van der Waals surface area contributed by atoms with Gasteiger partial charge in [0.15, 0.2) is 17.3 Å². The molecule has 3 aliphatic rings. The fourth-order valence-electron chi connectivity index (χ4n) is 5.09. The van der Waals surface area contributed by atoms with Crippen molar-refractivity contribution in [3.8, 4) is 11.5 Å². The van der Waals surface area contributed by atoms with Crippen LogP contribution in [0.15, 0.2) is 47.8 Å². The molecule has 0 atom stereocenters. The second-order valence-electron chi connectivity index (χ2n) is 9.84. The second kappa shape index (κ2) is 10.4. The predicted octanol–water partition coefficient (Wildman–Crippen LogP) is 4.36. The zero-order valence-corrected chi connectivity index (χ0v) is 21.8. The molecule has 2 fully saturated rings. The van der Waals surface area contributed by atoms with Crippen LogP contribution in [0.1, 0.15) is 45.0 Å². The Hall–Kier alpha value is -2.98. The normalized spacial score (nSPS) is 18.2. The van der Waals surface area contributed by atoms with E-state index in [1.807, 2.05) is 22.4 Å². The number of nitrogens with zero attached hydrogens (tertiary/aromatic N) is 3. The van der Waals surface area contributed by atoms with Crippen LogP contribution < -0.4 is 9.47 Å². The van der Waals surface area contributed by atoms with Crippen molar-refractivity contribution >= 4 is 17.2 Å². The minimum absolute atomic E-state index is 0.0174. The molecule has 6 rings (SSSR count). The number of rotatable bonds is 7. The summed E-state index contributed by atoms with van der Waals surface area (Å²) >= 11 is 1.54. The van der Waals surface area contributed by atoms with Crippen LogP contribution in [0.2, 0.25) is 0 Å². The average molecular weight is 522 g/mol. The lowest BCUT2D eigenvalue weighted by atomic mass is 10.0. The quantitative estimate of drug-likeness (QED) is 0.457. The highest BCUT2D eigenvalue weighted by atomic mass is 32.1. The molecule has 3 aliphatic heterocycles. The van der Waals surface area contributed by atoms with Crippen LogP contribution in [0.3, 0.4) is 0 Å². The molecule has 0 saturated carbocycles. The molecule has 0 unspecified atom stereocenters. The lowest BCUT2D eigenvalue weighted by Crippen LogP contribution is -2.47. The van der Waals surface area contributed by atoms with Gasteiger partial charge in [-0.15, -0.1) is 11.3 Å². The van der Waals surface area contributed by atoms with Crippen LogP contribution in [0.5, 0.6) is 11.5 Å². The molecular weight excluding hydrogens is 490 g/mol. The highest BCUT2D eigenvalue weighted by molar-refractivity contribution is 7.09. The van der Waals surface area contributed by atoms with Crippen LogP contribution >= 0.6 is 11.3 Å². The zero-order chi connectivity index (χ0) is 25.2. The van der Waals surface area contributed by atoms with Gasteiger partial charge in [0.05, 0.1) is 19.8 Å². The van der Waals surface area contributed by atoms with Crippen molar-refractivity contribution in [2.24, 2.45) is 0 Å². The maximum absolute atomic E-state index is 13.2. The third-order valence-electron chi connectivity index (χ3n) is 7.13. The first-order valence-corrected chi connectivity index (χ1v) is 13.6. The Labute approximate surface area is 220 Å². The summed E-state index contributed by atoms with van der Waals surface area (Å²) in [5.74, 6) is 1.06. The molecular formula is C28H31N3O5S. The summed E-state index contributed by atoms with van der Waals surface area (Å²) in [5.41, 5.74) is 4.13. The van der Waals surface area contributed by atoms with Crippen LogP contribution in [-0.4, -0.2) is 59.6 Å². The predicted molar refractivity (Wildman–Crippen MR) is 139 cm³/mol. The number of carbonyl (C=O) groups is 1. The zero-order valence-electron chi connectivity index (χ0n) is 21.0. The van der Waals surface area contributed by atoms with Gasteiger partial charge in [0.2, 0.25) is 6.79 Å². The van der Waals surface area contributed by atoms with Crippen LogP contribution in [0.4, 0.5) is 0 Å². The van der Waals surface area contributed by atoms with Gasteiger partial charge in [-0.1, -0.05) is 35.9 Å². The molecule has 2 aromatic carbocycles. The molecule has 4 heterocycles. The summed E-state index contributed by atoms with van der Waals surface area (Å²) in [6.45, 7) is 7.00. The number of hydrogen-bond donors (Lipinski definition) is 0. The number of thiazole rings is 1. The number of piperidine rings is 1. The van der Waals surface area contributed by atoms with Crippen molar-refractivity contribution in [2.45, 2.75) is 45.2 Å². The lowest BCUT2D eigenvalue weighted by molar-refractivity contribution is -0.181. The van der Waals surface area contributed by atoms with E-state index >= 15 is 0 Å². The number of aromatic nitrogens is 1. The molecule has 1 amide bonds. The molecule has 37 heavy (non-hydrogen) atoms. The Kier molecular flexibility index (Phi) is 6.86. The largest absolute Gasteiger partial charge is 0.454 e. The van der Waals surface area contributed by atoms with Gasteiger partial charge < -0.3 is 23.8 Å². The fourth-order valence-corrected chi connectivity index (χ4v) is 5.90. The van der Waals surface area contributed by atoms with E-state index in [9.17, 15) is 4.79 Å². The minimum Gasteiger partial charge on any atom is -0.454 e. The SMILES string of the molecule is Cc1ccc(CN(Cc2ccc3c(c2)OCO3)Cc2nc(C(=O)N3CCC4(CC3)OCCO4)cs2)cc1. The summed E-state index contributed by atoms with van der Waals surface area (Å²) < 4.78 is 22.6.